The summed E-state index contributed by atoms with van der Waals surface area (Å²) in [5, 5.41) is 0. The fourth-order valence-corrected chi connectivity index (χ4v) is 0.735. The summed E-state index contributed by atoms with van der Waals surface area (Å²) in [4.78, 5) is 17.8. The Balaban J connectivity index is 3.15. The first-order valence-electron chi connectivity index (χ1n) is 3.33. The minimum absolute atomic E-state index is 0.282. The maximum absolute atomic E-state index is 13.2. The van der Waals surface area contributed by atoms with Crippen molar-refractivity contribution in [1.29, 1.82) is 0 Å². The zero-order valence-electron chi connectivity index (χ0n) is 7.07. The van der Waals surface area contributed by atoms with Crippen molar-refractivity contribution in [2.75, 3.05) is 14.2 Å². The number of carbonyl (C=O) groups is 1. The summed E-state index contributed by atoms with van der Waals surface area (Å²) in [6.45, 7) is 0. The maximum Gasteiger partial charge on any atom is 0.360 e. The Bertz CT molecular complexity index is 330. The van der Waals surface area contributed by atoms with Crippen LogP contribution in [0.3, 0.4) is 0 Å². The van der Waals surface area contributed by atoms with Crippen LogP contribution in [-0.2, 0) is 4.74 Å². The highest BCUT2D eigenvalue weighted by atomic mass is 19.1. The topological polar surface area (TPSA) is 61.3 Å². The van der Waals surface area contributed by atoms with Crippen molar-refractivity contribution in [3.63, 3.8) is 0 Å². The van der Waals surface area contributed by atoms with Gasteiger partial charge in [0.15, 0.2) is 5.69 Å². The number of halogens is 1. The Hall–Kier alpha value is -1.72. The van der Waals surface area contributed by atoms with Crippen LogP contribution < -0.4 is 4.74 Å². The Kier molecular flexibility index (Phi) is 2.73. The molecule has 0 aliphatic rings. The molecule has 5 nitrogen and oxygen atoms in total. The van der Waals surface area contributed by atoms with Crippen LogP contribution >= 0.6 is 0 Å². The van der Waals surface area contributed by atoms with Crippen LogP contribution in [0.15, 0.2) is 6.33 Å². The molecule has 0 radical (unpaired) electrons. The van der Waals surface area contributed by atoms with Gasteiger partial charge >= 0.3 is 5.97 Å². The van der Waals surface area contributed by atoms with E-state index in [-0.39, 0.29) is 5.88 Å². The van der Waals surface area contributed by atoms with Gasteiger partial charge in [0.1, 0.15) is 6.33 Å². The number of aromatic nitrogens is 2. The second kappa shape index (κ2) is 3.79. The van der Waals surface area contributed by atoms with Crippen LogP contribution in [0, 0.1) is 5.82 Å². The lowest BCUT2D eigenvalue weighted by Crippen LogP contribution is -2.09. The summed E-state index contributed by atoms with van der Waals surface area (Å²) in [6.07, 6.45) is 1.02. The van der Waals surface area contributed by atoms with Gasteiger partial charge in [0, 0.05) is 0 Å². The van der Waals surface area contributed by atoms with E-state index in [1.54, 1.807) is 0 Å². The van der Waals surface area contributed by atoms with E-state index in [9.17, 15) is 9.18 Å². The quantitative estimate of drug-likeness (QED) is 0.626. The number of rotatable bonds is 2. The van der Waals surface area contributed by atoms with E-state index in [1.165, 1.54) is 7.11 Å². The molecule has 0 fully saturated rings. The second-order valence-corrected chi connectivity index (χ2v) is 2.04. The van der Waals surface area contributed by atoms with Crippen molar-refractivity contribution in [2.45, 2.75) is 0 Å². The molecule has 13 heavy (non-hydrogen) atoms. The Morgan fingerprint density at radius 3 is 2.69 bits per heavy atom. The summed E-state index contributed by atoms with van der Waals surface area (Å²) in [5.74, 6) is -2.06. The minimum atomic E-state index is -0.920. The summed E-state index contributed by atoms with van der Waals surface area (Å²) in [6, 6.07) is 0. The van der Waals surface area contributed by atoms with Crippen LogP contribution in [0.25, 0.3) is 0 Å². The molecule has 0 saturated heterocycles. The Labute approximate surface area is 73.5 Å². The number of hydrogen-bond acceptors (Lipinski definition) is 5. The molecule has 0 saturated carbocycles. The average molecular weight is 186 g/mol. The average Bonchev–Trinajstić information content (AvgIpc) is 2.17. The lowest BCUT2D eigenvalue weighted by atomic mass is 10.4. The zero-order valence-corrected chi connectivity index (χ0v) is 7.07. The third-order valence-electron chi connectivity index (χ3n) is 1.33. The van der Waals surface area contributed by atoms with Crippen LogP contribution in [0.4, 0.5) is 4.39 Å². The Morgan fingerprint density at radius 2 is 2.15 bits per heavy atom. The molecule has 0 atom stereocenters. The van der Waals surface area contributed by atoms with E-state index < -0.39 is 17.5 Å². The van der Waals surface area contributed by atoms with Crippen LogP contribution in [-0.4, -0.2) is 30.2 Å². The highest BCUT2D eigenvalue weighted by Crippen LogP contribution is 2.14. The maximum atomic E-state index is 13.2. The van der Waals surface area contributed by atoms with E-state index in [0.29, 0.717) is 0 Å². The van der Waals surface area contributed by atoms with Gasteiger partial charge in [-0.3, -0.25) is 0 Å². The molecule has 0 spiro atoms. The third-order valence-corrected chi connectivity index (χ3v) is 1.33. The van der Waals surface area contributed by atoms with Gasteiger partial charge in [0.05, 0.1) is 14.2 Å². The fraction of sp³-hybridized carbons (Fsp3) is 0.286. The molecular formula is C7H7FN2O3. The summed E-state index contributed by atoms with van der Waals surface area (Å²) >= 11 is 0. The second-order valence-electron chi connectivity index (χ2n) is 2.04. The van der Waals surface area contributed by atoms with Crippen molar-refractivity contribution in [3.8, 4) is 5.88 Å². The van der Waals surface area contributed by atoms with Crippen molar-refractivity contribution in [2.24, 2.45) is 0 Å². The van der Waals surface area contributed by atoms with E-state index in [4.69, 9.17) is 0 Å². The molecule has 0 amide bonds. The molecule has 0 aromatic carbocycles. The van der Waals surface area contributed by atoms with Gasteiger partial charge < -0.3 is 9.47 Å². The smallest absolute Gasteiger partial charge is 0.360 e. The van der Waals surface area contributed by atoms with Crippen LogP contribution in [0.1, 0.15) is 10.5 Å². The third kappa shape index (κ3) is 1.71. The predicted molar refractivity (Wildman–Crippen MR) is 39.9 cm³/mol. The van der Waals surface area contributed by atoms with Crippen molar-refractivity contribution >= 4 is 5.97 Å². The lowest BCUT2D eigenvalue weighted by molar-refractivity contribution is 0.0586. The number of carbonyl (C=O) groups excluding carboxylic acids is 1. The number of nitrogens with zero attached hydrogens (tertiary/aromatic N) is 2. The van der Waals surface area contributed by atoms with Crippen molar-refractivity contribution in [1.82, 2.24) is 9.97 Å². The van der Waals surface area contributed by atoms with Gasteiger partial charge in [-0.1, -0.05) is 0 Å². The van der Waals surface area contributed by atoms with Crippen molar-refractivity contribution in [3.05, 3.63) is 17.8 Å². The molecule has 1 aromatic heterocycles. The molecule has 0 aliphatic heterocycles. The monoisotopic (exact) mass is 186 g/mol. The minimum Gasteiger partial charge on any atom is -0.479 e. The van der Waals surface area contributed by atoms with Gasteiger partial charge in [0.2, 0.25) is 5.82 Å². The predicted octanol–water partition coefficient (Wildman–Crippen LogP) is 0.411. The molecule has 0 bridgehead atoms. The van der Waals surface area contributed by atoms with Gasteiger partial charge in [-0.2, -0.15) is 9.37 Å². The summed E-state index contributed by atoms with van der Waals surface area (Å²) in [7, 11) is 2.38. The number of ether oxygens (including phenoxy) is 2. The van der Waals surface area contributed by atoms with Gasteiger partial charge in [-0.15, -0.1) is 0 Å². The van der Waals surface area contributed by atoms with Crippen molar-refractivity contribution < 1.29 is 18.7 Å². The normalized spacial score (nSPS) is 9.46. The van der Waals surface area contributed by atoms with Gasteiger partial charge in [-0.05, 0) is 0 Å². The molecular weight excluding hydrogens is 179 g/mol. The summed E-state index contributed by atoms with van der Waals surface area (Å²) < 4.78 is 22.0. The molecule has 70 valence electrons. The van der Waals surface area contributed by atoms with Crippen LogP contribution in [0.5, 0.6) is 5.88 Å². The molecule has 1 heterocycles. The highest BCUT2D eigenvalue weighted by Gasteiger charge is 2.18. The number of hydrogen-bond donors (Lipinski definition) is 0. The van der Waals surface area contributed by atoms with E-state index in [1.807, 2.05) is 0 Å². The molecule has 0 aliphatic carbocycles. The van der Waals surface area contributed by atoms with Gasteiger partial charge in [-0.25, -0.2) is 9.78 Å². The first kappa shape index (κ1) is 9.37. The molecule has 1 rings (SSSR count). The first-order chi connectivity index (χ1) is 6.20. The Morgan fingerprint density at radius 1 is 1.46 bits per heavy atom. The number of esters is 1. The lowest BCUT2D eigenvalue weighted by Gasteiger charge is -2.02. The van der Waals surface area contributed by atoms with E-state index in [2.05, 4.69) is 19.4 Å². The SMILES string of the molecule is COC(=O)c1ncnc(OC)c1F. The molecule has 6 heteroatoms. The zero-order chi connectivity index (χ0) is 9.84. The number of methoxy groups -OCH3 is 2. The fourth-order valence-electron chi connectivity index (χ4n) is 0.735. The van der Waals surface area contributed by atoms with Gasteiger partial charge in [0.25, 0.3) is 5.88 Å². The van der Waals surface area contributed by atoms with E-state index in [0.717, 1.165) is 13.4 Å². The molecule has 0 unspecified atom stereocenters. The largest absolute Gasteiger partial charge is 0.479 e. The highest BCUT2D eigenvalue weighted by molar-refractivity contribution is 5.87. The standard InChI is InChI=1S/C7H7FN2O3/c1-12-6-4(8)5(7(11)13-2)9-3-10-6/h3H,1-2H3. The molecule has 1 aromatic rings. The van der Waals surface area contributed by atoms with E-state index >= 15 is 0 Å². The first-order valence-corrected chi connectivity index (χ1v) is 3.33. The summed E-state index contributed by atoms with van der Waals surface area (Å²) in [5.41, 5.74) is -0.436. The van der Waals surface area contributed by atoms with Crippen LogP contribution in [0.2, 0.25) is 0 Å². The molecule has 0 N–H and O–H groups in total.